The predicted octanol–water partition coefficient (Wildman–Crippen LogP) is 2.17. The lowest BCUT2D eigenvalue weighted by molar-refractivity contribution is -0.144. The van der Waals surface area contributed by atoms with Gasteiger partial charge in [-0.3, -0.25) is 14.5 Å². The molecule has 0 unspecified atom stereocenters. The van der Waals surface area contributed by atoms with Gasteiger partial charge in [-0.1, -0.05) is 36.8 Å². The zero-order valence-corrected chi connectivity index (χ0v) is 11.9. The SMILES string of the molecule is COC(=O)CC(=O)[C@@H]1CCCCN1Cc1ccccc1. The Kier molecular flexibility index (Phi) is 5.30. The number of likely N-dealkylation sites (tertiary alicyclic amines) is 1. The van der Waals surface area contributed by atoms with Crippen molar-refractivity contribution in [3.05, 3.63) is 35.9 Å². The van der Waals surface area contributed by atoms with Crippen LogP contribution in [0.3, 0.4) is 0 Å². The number of hydrogen-bond acceptors (Lipinski definition) is 4. The lowest BCUT2D eigenvalue weighted by atomic mass is 9.96. The first-order valence-electron chi connectivity index (χ1n) is 7.08. The van der Waals surface area contributed by atoms with E-state index in [1.165, 1.54) is 12.7 Å². The summed E-state index contributed by atoms with van der Waals surface area (Å²) >= 11 is 0. The van der Waals surface area contributed by atoms with Gasteiger partial charge in [0.05, 0.1) is 13.2 Å². The molecule has 1 saturated heterocycles. The number of Topliss-reactive ketones (excluding diaryl/α,β-unsaturated/α-hetero) is 1. The minimum Gasteiger partial charge on any atom is -0.469 e. The van der Waals surface area contributed by atoms with Crippen LogP contribution in [0.25, 0.3) is 0 Å². The van der Waals surface area contributed by atoms with E-state index in [1.807, 2.05) is 18.2 Å². The van der Waals surface area contributed by atoms with Gasteiger partial charge in [-0.2, -0.15) is 0 Å². The molecule has 0 saturated carbocycles. The van der Waals surface area contributed by atoms with Crippen LogP contribution in [0, 0.1) is 0 Å². The molecule has 1 aromatic rings. The fraction of sp³-hybridized carbons (Fsp3) is 0.500. The van der Waals surface area contributed by atoms with Crippen molar-refractivity contribution in [3.8, 4) is 0 Å². The third kappa shape index (κ3) is 3.90. The van der Waals surface area contributed by atoms with Crippen molar-refractivity contribution in [3.63, 3.8) is 0 Å². The maximum atomic E-state index is 12.2. The molecule has 4 heteroatoms. The number of ether oxygens (including phenoxy) is 1. The van der Waals surface area contributed by atoms with Crippen LogP contribution in [0.4, 0.5) is 0 Å². The molecule has 0 bridgehead atoms. The van der Waals surface area contributed by atoms with E-state index in [1.54, 1.807) is 0 Å². The second-order valence-electron chi connectivity index (χ2n) is 5.19. The number of ketones is 1. The lowest BCUT2D eigenvalue weighted by Gasteiger charge is -2.34. The number of piperidine rings is 1. The number of rotatable bonds is 5. The Balaban J connectivity index is 2.01. The highest BCUT2D eigenvalue weighted by atomic mass is 16.5. The van der Waals surface area contributed by atoms with Crippen molar-refractivity contribution < 1.29 is 14.3 Å². The second kappa shape index (κ2) is 7.20. The molecule has 1 aromatic carbocycles. The normalized spacial score (nSPS) is 19.6. The first kappa shape index (κ1) is 14.7. The van der Waals surface area contributed by atoms with Crippen LogP contribution in [-0.2, 0) is 20.9 Å². The van der Waals surface area contributed by atoms with Crippen molar-refractivity contribution in [2.24, 2.45) is 0 Å². The number of esters is 1. The first-order chi connectivity index (χ1) is 9.70. The van der Waals surface area contributed by atoms with E-state index in [0.717, 1.165) is 32.4 Å². The molecule has 1 atom stereocenters. The van der Waals surface area contributed by atoms with E-state index >= 15 is 0 Å². The molecule has 0 radical (unpaired) electrons. The predicted molar refractivity (Wildman–Crippen MR) is 76.1 cm³/mol. The van der Waals surface area contributed by atoms with Gasteiger partial charge in [0.15, 0.2) is 5.78 Å². The topological polar surface area (TPSA) is 46.6 Å². The molecule has 0 N–H and O–H groups in total. The van der Waals surface area contributed by atoms with Gasteiger partial charge in [-0.05, 0) is 24.9 Å². The van der Waals surface area contributed by atoms with Crippen LogP contribution in [0.1, 0.15) is 31.2 Å². The van der Waals surface area contributed by atoms with Crippen LogP contribution >= 0.6 is 0 Å². The number of benzene rings is 1. The van der Waals surface area contributed by atoms with Gasteiger partial charge in [-0.25, -0.2) is 0 Å². The molecule has 2 rings (SSSR count). The highest BCUT2D eigenvalue weighted by Crippen LogP contribution is 2.21. The molecule has 1 aliphatic heterocycles. The van der Waals surface area contributed by atoms with E-state index in [0.29, 0.717) is 0 Å². The fourth-order valence-corrected chi connectivity index (χ4v) is 2.70. The van der Waals surface area contributed by atoms with Crippen molar-refractivity contribution in [2.45, 2.75) is 38.3 Å². The zero-order valence-electron chi connectivity index (χ0n) is 11.9. The summed E-state index contributed by atoms with van der Waals surface area (Å²) in [6, 6.07) is 9.98. The van der Waals surface area contributed by atoms with Gasteiger partial charge in [-0.15, -0.1) is 0 Å². The number of methoxy groups -OCH3 is 1. The summed E-state index contributed by atoms with van der Waals surface area (Å²) in [5.41, 5.74) is 1.20. The summed E-state index contributed by atoms with van der Waals surface area (Å²) in [7, 11) is 1.32. The third-order valence-electron chi connectivity index (χ3n) is 3.76. The Hall–Kier alpha value is -1.68. The summed E-state index contributed by atoms with van der Waals surface area (Å²) < 4.78 is 4.59. The van der Waals surface area contributed by atoms with E-state index < -0.39 is 5.97 Å². The molecule has 108 valence electrons. The van der Waals surface area contributed by atoms with Gasteiger partial charge in [0.2, 0.25) is 0 Å². The van der Waals surface area contributed by atoms with E-state index in [2.05, 4.69) is 21.8 Å². The molecule has 1 fully saturated rings. The molecule has 1 aliphatic rings. The molecular formula is C16H21NO3. The Labute approximate surface area is 119 Å². The molecule has 1 heterocycles. The number of nitrogens with zero attached hydrogens (tertiary/aromatic N) is 1. The average molecular weight is 275 g/mol. The van der Waals surface area contributed by atoms with Crippen LogP contribution in [-0.4, -0.2) is 36.3 Å². The van der Waals surface area contributed by atoms with Crippen LogP contribution < -0.4 is 0 Å². The lowest BCUT2D eigenvalue weighted by Crippen LogP contribution is -2.44. The highest BCUT2D eigenvalue weighted by molar-refractivity contribution is 5.98. The Morgan fingerprint density at radius 1 is 1.25 bits per heavy atom. The largest absolute Gasteiger partial charge is 0.469 e. The zero-order chi connectivity index (χ0) is 14.4. The van der Waals surface area contributed by atoms with Crippen molar-refractivity contribution in [1.29, 1.82) is 0 Å². The minimum atomic E-state index is -0.444. The highest BCUT2D eigenvalue weighted by Gasteiger charge is 2.29. The Bertz CT molecular complexity index is 458. The molecule has 0 aromatic heterocycles. The maximum absolute atomic E-state index is 12.2. The van der Waals surface area contributed by atoms with E-state index in [4.69, 9.17) is 0 Å². The molecular weight excluding hydrogens is 254 g/mol. The minimum absolute atomic E-state index is 0.0209. The number of carbonyl (C=O) groups excluding carboxylic acids is 2. The summed E-state index contributed by atoms with van der Waals surface area (Å²) in [4.78, 5) is 25.7. The van der Waals surface area contributed by atoms with Crippen LogP contribution in [0.5, 0.6) is 0 Å². The summed E-state index contributed by atoms with van der Waals surface area (Å²) in [5.74, 6) is -0.465. The smallest absolute Gasteiger partial charge is 0.313 e. The molecule has 4 nitrogen and oxygen atoms in total. The molecule has 0 amide bonds. The monoisotopic (exact) mass is 275 g/mol. The Morgan fingerprint density at radius 2 is 2.00 bits per heavy atom. The summed E-state index contributed by atoms with van der Waals surface area (Å²) in [6.07, 6.45) is 2.87. The fourth-order valence-electron chi connectivity index (χ4n) is 2.70. The van der Waals surface area contributed by atoms with Gasteiger partial charge in [0.1, 0.15) is 6.42 Å². The van der Waals surface area contributed by atoms with E-state index in [-0.39, 0.29) is 18.2 Å². The van der Waals surface area contributed by atoms with Crippen LogP contribution in [0.2, 0.25) is 0 Å². The van der Waals surface area contributed by atoms with Gasteiger partial charge in [0.25, 0.3) is 0 Å². The first-order valence-corrected chi connectivity index (χ1v) is 7.08. The standard InChI is InChI=1S/C16H21NO3/c1-20-16(19)11-15(18)14-9-5-6-10-17(14)12-13-7-3-2-4-8-13/h2-4,7-8,14H,5-6,9-12H2,1H3/t14-/m0/s1. The van der Waals surface area contributed by atoms with Crippen molar-refractivity contribution >= 4 is 11.8 Å². The quantitative estimate of drug-likeness (QED) is 0.610. The van der Waals surface area contributed by atoms with Gasteiger partial charge in [0, 0.05) is 6.54 Å². The van der Waals surface area contributed by atoms with Crippen molar-refractivity contribution in [2.75, 3.05) is 13.7 Å². The van der Waals surface area contributed by atoms with E-state index in [9.17, 15) is 9.59 Å². The third-order valence-corrected chi connectivity index (χ3v) is 3.76. The Morgan fingerprint density at radius 3 is 2.70 bits per heavy atom. The number of hydrogen-bond donors (Lipinski definition) is 0. The van der Waals surface area contributed by atoms with Crippen LogP contribution in [0.15, 0.2) is 30.3 Å². The number of carbonyl (C=O) groups is 2. The molecule has 0 aliphatic carbocycles. The van der Waals surface area contributed by atoms with Gasteiger partial charge < -0.3 is 4.74 Å². The summed E-state index contributed by atoms with van der Waals surface area (Å²) in [6.45, 7) is 1.67. The molecule has 0 spiro atoms. The second-order valence-corrected chi connectivity index (χ2v) is 5.19. The summed E-state index contributed by atoms with van der Waals surface area (Å²) in [5, 5.41) is 0. The van der Waals surface area contributed by atoms with Crippen molar-refractivity contribution in [1.82, 2.24) is 4.90 Å². The van der Waals surface area contributed by atoms with Gasteiger partial charge >= 0.3 is 5.97 Å². The maximum Gasteiger partial charge on any atom is 0.313 e. The molecule has 20 heavy (non-hydrogen) atoms. The average Bonchev–Trinajstić information content (AvgIpc) is 2.48.